The van der Waals surface area contributed by atoms with E-state index in [0.717, 1.165) is 5.69 Å². The van der Waals surface area contributed by atoms with Gasteiger partial charge in [0.15, 0.2) is 11.5 Å². The number of carbonyl (C=O) groups is 2. The molecule has 3 aromatic rings. The number of esters is 1. The summed E-state index contributed by atoms with van der Waals surface area (Å²) in [4.78, 5) is 24.1. The van der Waals surface area contributed by atoms with Crippen LogP contribution in [0.4, 0.5) is 5.69 Å². The zero-order valence-corrected chi connectivity index (χ0v) is 18.3. The number of fused-ring (bicyclic) bond motifs is 1. The second-order valence-corrected chi connectivity index (χ2v) is 7.24. The number of carbonyl (C=O) groups excluding carboxylic acids is 2. The van der Waals surface area contributed by atoms with Crippen LogP contribution >= 0.6 is 11.6 Å². The molecule has 1 amide bonds. The number of furan rings is 1. The molecule has 0 spiro atoms. The lowest BCUT2D eigenvalue weighted by atomic mass is 10.1. The van der Waals surface area contributed by atoms with Gasteiger partial charge in [0.25, 0.3) is 5.91 Å². The van der Waals surface area contributed by atoms with Gasteiger partial charge in [0.1, 0.15) is 11.5 Å². The lowest BCUT2D eigenvalue weighted by molar-refractivity contribution is -0.119. The quantitative estimate of drug-likeness (QED) is 0.290. The predicted molar refractivity (Wildman–Crippen MR) is 122 cm³/mol. The van der Waals surface area contributed by atoms with E-state index in [2.05, 4.69) is 15.8 Å². The Morgan fingerprint density at radius 2 is 1.97 bits per heavy atom. The van der Waals surface area contributed by atoms with Gasteiger partial charge >= 0.3 is 5.97 Å². The molecule has 0 unspecified atom stereocenters. The summed E-state index contributed by atoms with van der Waals surface area (Å²) in [7, 11) is 0. The Labute approximate surface area is 194 Å². The fraction of sp³-hybridized carbons (Fsp3) is 0.174. The number of anilines is 1. The zero-order chi connectivity index (χ0) is 23.2. The van der Waals surface area contributed by atoms with Crippen LogP contribution in [-0.4, -0.2) is 38.0 Å². The summed E-state index contributed by atoms with van der Waals surface area (Å²) >= 11 is 6.10. The van der Waals surface area contributed by atoms with Crippen molar-refractivity contribution in [3.05, 3.63) is 64.9 Å². The highest BCUT2D eigenvalue weighted by molar-refractivity contribution is 6.33. The van der Waals surface area contributed by atoms with Gasteiger partial charge in [0.2, 0.25) is 6.79 Å². The van der Waals surface area contributed by atoms with Crippen molar-refractivity contribution in [2.45, 2.75) is 6.92 Å². The van der Waals surface area contributed by atoms with Gasteiger partial charge in [0, 0.05) is 17.3 Å². The largest absolute Gasteiger partial charge is 0.462 e. The van der Waals surface area contributed by atoms with Gasteiger partial charge in [0.05, 0.1) is 30.0 Å². The molecule has 2 aromatic carbocycles. The van der Waals surface area contributed by atoms with Crippen LogP contribution in [-0.2, 0) is 9.53 Å². The SMILES string of the molecule is CCOC(=O)c1cc(-c2ccc(/C=N\NC(=O)CNc3ccc4c(c3)OCO4)o2)ccc1Cl. The first kappa shape index (κ1) is 22.2. The van der Waals surface area contributed by atoms with Gasteiger partial charge in [-0.1, -0.05) is 11.6 Å². The van der Waals surface area contributed by atoms with Crippen molar-refractivity contribution < 1.29 is 28.2 Å². The molecule has 33 heavy (non-hydrogen) atoms. The molecule has 0 saturated carbocycles. The number of amides is 1. The van der Waals surface area contributed by atoms with E-state index in [-0.39, 0.29) is 31.4 Å². The lowest BCUT2D eigenvalue weighted by Gasteiger charge is -2.06. The first-order valence-electron chi connectivity index (χ1n) is 10.1. The van der Waals surface area contributed by atoms with Gasteiger partial charge in [-0.05, 0) is 49.4 Å². The molecule has 0 aliphatic carbocycles. The molecule has 1 aliphatic rings. The van der Waals surface area contributed by atoms with E-state index in [1.807, 2.05) is 0 Å². The molecular formula is C23H20ClN3O6. The van der Waals surface area contributed by atoms with Crippen molar-refractivity contribution in [1.82, 2.24) is 5.43 Å². The summed E-state index contributed by atoms with van der Waals surface area (Å²) in [6, 6.07) is 13.7. The van der Waals surface area contributed by atoms with Crippen molar-refractivity contribution >= 4 is 35.4 Å². The molecule has 0 saturated heterocycles. The third kappa shape index (κ3) is 5.45. The number of halogens is 1. The van der Waals surface area contributed by atoms with E-state index >= 15 is 0 Å². The molecule has 9 nitrogen and oxygen atoms in total. The molecule has 1 aromatic heterocycles. The standard InChI is InChI=1S/C23H20ClN3O6/c1-2-30-23(29)17-9-14(3-6-18(17)24)19-8-5-16(33-19)11-26-27-22(28)12-25-15-4-7-20-21(10-15)32-13-31-20/h3-11,25H,2,12-13H2,1H3,(H,27,28)/b26-11-. The van der Waals surface area contributed by atoms with Crippen LogP contribution in [0, 0.1) is 0 Å². The van der Waals surface area contributed by atoms with Crippen LogP contribution in [0.3, 0.4) is 0 Å². The summed E-state index contributed by atoms with van der Waals surface area (Å²) < 4.78 is 21.3. The zero-order valence-electron chi connectivity index (χ0n) is 17.6. The highest BCUT2D eigenvalue weighted by atomic mass is 35.5. The third-order valence-corrected chi connectivity index (χ3v) is 4.91. The number of rotatable bonds is 8. The normalized spacial score (nSPS) is 12.1. The van der Waals surface area contributed by atoms with Gasteiger partial charge in [-0.2, -0.15) is 5.10 Å². The summed E-state index contributed by atoms with van der Waals surface area (Å²) in [6.07, 6.45) is 1.38. The van der Waals surface area contributed by atoms with Gasteiger partial charge < -0.3 is 23.9 Å². The number of benzene rings is 2. The van der Waals surface area contributed by atoms with Crippen LogP contribution < -0.4 is 20.2 Å². The van der Waals surface area contributed by atoms with E-state index in [9.17, 15) is 9.59 Å². The number of hydrazone groups is 1. The fourth-order valence-corrected chi connectivity index (χ4v) is 3.21. The number of hydrogen-bond acceptors (Lipinski definition) is 8. The van der Waals surface area contributed by atoms with Crippen LogP contribution in [0.15, 0.2) is 58.0 Å². The summed E-state index contributed by atoms with van der Waals surface area (Å²) in [5, 5.41) is 7.18. The maximum atomic E-state index is 12.0. The molecule has 10 heteroatoms. The Kier molecular flexibility index (Phi) is 6.80. The smallest absolute Gasteiger partial charge is 0.339 e. The second-order valence-electron chi connectivity index (χ2n) is 6.83. The first-order valence-corrected chi connectivity index (χ1v) is 10.4. The average Bonchev–Trinajstić information content (AvgIpc) is 3.47. The summed E-state index contributed by atoms with van der Waals surface area (Å²) in [5.41, 5.74) is 4.05. The minimum Gasteiger partial charge on any atom is -0.462 e. The molecule has 0 bridgehead atoms. The maximum Gasteiger partial charge on any atom is 0.339 e. The van der Waals surface area contributed by atoms with Crippen LogP contribution in [0.25, 0.3) is 11.3 Å². The molecule has 2 N–H and O–H groups in total. The van der Waals surface area contributed by atoms with Crippen LogP contribution in [0.5, 0.6) is 11.5 Å². The fourth-order valence-electron chi connectivity index (χ4n) is 3.02. The monoisotopic (exact) mass is 469 g/mol. The minimum atomic E-state index is -0.505. The maximum absolute atomic E-state index is 12.0. The Morgan fingerprint density at radius 1 is 1.12 bits per heavy atom. The number of hydrogen-bond donors (Lipinski definition) is 2. The van der Waals surface area contributed by atoms with Crippen molar-refractivity contribution in [2.75, 3.05) is 25.3 Å². The molecular weight excluding hydrogens is 450 g/mol. The van der Waals surface area contributed by atoms with Crippen molar-refractivity contribution in [3.63, 3.8) is 0 Å². The lowest BCUT2D eigenvalue weighted by Crippen LogP contribution is -2.25. The Morgan fingerprint density at radius 3 is 2.82 bits per heavy atom. The van der Waals surface area contributed by atoms with Gasteiger partial charge in [-0.15, -0.1) is 0 Å². The second kappa shape index (κ2) is 10.1. The average molecular weight is 470 g/mol. The van der Waals surface area contributed by atoms with Crippen molar-refractivity contribution in [3.8, 4) is 22.8 Å². The Bertz CT molecular complexity index is 1210. The Hall–Kier alpha value is -3.98. The number of ether oxygens (including phenoxy) is 3. The van der Waals surface area contributed by atoms with E-state index < -0.39 is 5.97 Å². The predicted octanol–water partition coefficient (Wildman–Crippen LogP) is 4.07. The molecule has 4 rings (SSSR count). The first-order chi connectivity index (χ1) is 16.0. The van der Waals surface area contributed by atoms with Gasteiger partial charge in [-0.25, -0.2) is 10.2 Å². The summed E-state index contributed by atoms with van der Waals surface area (Å²) in [6.45, 7) is 2.17. The van der Waals surface area contributed by atoms with Gasteiger partial charge in [-0.3, -0.25) is 4.79 Å². The number of nitrogens with one attached hydrogen (secondary N) is 2. The topological polar surface area (TPSA) is 111 Å². The molecule has 2 heterocycles. The molecule has 1 aliphatic heterocycles. The van der Waals surface area contributed by atoms with E-state index in [4.69, 9.17) is 30.2 Å². The van der Waals surface area contributed by atoms with Crippen molar-refractivity contribution in [2.24, 2.45) is 5.10 Å². The van der Waals surface area contributed by atoms with E-state index in [1.54, 1.807) is 55.5 Å². The van der Waals surface area contributed by atoms with Crippen LogP contribution in [0.1, 0.15) is 23.0 Å². The molecule has 0 fully saturated rings. The summed E-state index contributed by atoms with van der Waals surface area (Å²) in [5.74, 6) is 1.38. The highest BCUT2D eigenvalue weighted by Gasteiger charge is 2.15. The van der Waals surface area contributed by atoms with E-state index in [0.29, 0.717) is 33.6 Å². The number of nitrogens with zero attached hydrogens (tertiary/aromatic N) is 1. The third-order valence-electron chi connectivity index (χ3n) is 4.58. The molecule has 170 valence electrons. The molecule has 0 radical (unpaired) electrons. The van der Waals surface area contributed by atoms with Crippen LogP contribution in [0.2, 0.25) is 5.02 Å². The highest BCUT2D eigenvalue weighted by Crippen LogP contribution is 2.34. The Balaban J connectivity index is 1.32. The molecule has 0 atom stereocenters. The minimum absolute atomic E-state index is 0.0157. The van der Waals surface area contributed by atoms with E-state index in [1.165, 1.54) is 6.21 Å². The van der Waals surface area contributed by atoms with Crippen molar-refractivity contribution in [1.29, 1.82) is 0 Å².